The Hall–Kier alpha value is -3.56. The molecule has 0 aliphatic carbocycles. The van der Waals surface area contributed by atoms with Crippen molar-refractivity contribution in [3.05, 3.63) is 88.9 Å². The van der Waals surface area contributed by atoms with Gasteiger partial charge in [-0.3, -0.25) is 13.9 Å². The molecule has 2 unspecified atom stereocenters. The van der Waals surface area contributed by atoms with E-state index in [-0.39, 0.29) is 23.4 Å². The summed E-state index contributed by atoms with van der Waals surface area (Å²) in [5.74, 6) is -0.142. The van der Waals surface area contributed by atoms with Crippen molar-refractivity contribution in [1.29, 1.82) is 0 Å². The third-order valence-electron chi connectivity index (χ3n) is 6.94. The number of amides is 2. The molecule has 10 heteroatoms. The first-order chi connectivity index (χ1) is 19.5. The average Bonchev–Trinajstić information content (AvgIpc) is 2.96. The lowest BCUT2D eigenvalue weighted by Gasteiger charge is -2.34. The smallest absolute Gasteiger partial charge is 0.264 e. The molecular weight excluding hydrogens is 562 g/mol. The van der Waals surface area contributed by atoms with Gasteiger partial charge >= 0.3 is 0 Å². The van der Waals surface area contributed by atoms with Crippen LogP contribution < -0.4 is 14.4 Å². The molecule has 0 spiro atoms. The van der Waals surface area contributed by atoms with Gasteiger partial charge in [0.2, 0.25) is 11.8 Å². The Labute approximate surface area is 248 Å². The number of carbonyl (C=O) groups is 2. The van der Waals surface area contributed by atoms with Gasteiger partial charge in [-0.1, -0.05) is 55.8 Å². The minimum atomic E-state index is -4.15. The van der Waals surface area contributed by atoms with E-state index in [1.165, 1.54) is 17.0 Å². The van der Waals surface area contributed by atoms with Crippen molar-refractivity contribution < 1.29 is 22.7 Å². The van der Waals surface area contributed by atoms with Gasteiger partial charge in [-0.2, -0.15) is 0 Å². The summed E-state index contributed by atoms with van der Waals surface area (Å²) in [4.78, 5) is 29.0. The molecule has 2 atom stereocenters. The van der Waals surface area contributed by atoms with E-state index in [2.05, 4.69) is 5.32 Å². The van der Waals surface area contributed by atoms with E-state index in [0.717, 1.165) is 16.3 Å². The number of ether oxygens (including phenoxy) is 1. The van der Waals surface area contributed by atoms with Crippen LogP contribution in [-0.4, -0.2) is 50.9 Å². The highest BCUT2D eigenvalue weighted by molar-refractivity contribution is 7.92. The highest BCUT2D eigenvalue weighted by atomic mass is 35.5. The van der Waals surface area contributed by atoms with Gasteiger partial charge in [0.15, 0.2) is 0 Å². The first kappa shape index (κ1) is 32.0. The fourth-order valence-electron chi connectivity index (χ4n) is 4.42. The molecule has 0 bridgehead atoms. The Balaban J connectivity index is 2.07. The predicted octanol–water partition coefficient (Wildman–Crippen LogP) is 5.57. The number of nitrogens with one attached hydrogen (secondary N) is 1. The largest absolute Gasteiger partial charge is 0.497 e. The highest BCUT2D eigenvalue weighted by Gasteiger charge is 2.34. The number of nitrogens with zero attached hydrogens (tertiary/aromatic N) is 2. The van der Waals surface area contributed by atoms with Crippen LogP contribution in [0.5, 0.6) is 5.75 Å². The van der Waals surface area contributed by atoms with Crippen LogP contribution in [0.25, 0.3) is 0 Å². The quantitative estimate of drug-likeness (QED) is 0.277. The lowest BCUT2D eigenvalue weighted by atomic mass is 10.1. The molecule has 0 saturated carbocycles. The minimum absolute atomic E-state index is 0.0467. The second kappa shape index (κ2) is 14.4. The van der Waals surface area contributed by atoms with E-state index >= 15 is 0 Å². The highest BCUT2D eigenvalue weighted by Crippen LogP contribution is 2.29. The molecule has 3 aromatic rings. The van der Waals surface area contributed by atoms with Crippen molar-refractivity contribution in [3.8, 4) is 5.75 Å². The molecule has 3 rings (SSSR count). The summed E-state index contributed by atoms with van der Waals surface area (Å²) in [5.41, 5.74) is 1.69. The lowest BCUT2D eigenvalue weighted by Crippen LogP contribution is -2.53. The first-order valence-electron chi connectivity index (χ1n) is 13.6. The number of hydrogen-bond donors (Lipinski definition) is 1. The van der Waals surface area contributed by atoms with Crippen LogP contribution in [0, 0.1) is 6.92 Å². The lowest BCUT2D eigenvalue weighted by molar-refractivity contribution is -0.140. The molecule has 41 heavy (non-hydrogen) atoms. The van der Waals surface area contributed by atoms with Crippen LogP contribution in [-0.2, 0) is 26.2 Å². The topological polar surface area (TPSA) is 96.0 Å². The summed E-state index contributed by atoms with van der Waals surface area (Å²) in [6.07, 6.45) is 1.07. The molecule has 3 aromatic carbocycles. The predicted molar refractivity (Wildman–Crippen MR) is 163 cm³/mol. The second-order valence-electron chi connectivity index (χ2n) is 9.87. The first-order valence-corrected chi connectivity index (χ1v) is 15.4. The van der Waals surface area contributed by atoms with Gasteiger partial charge in [-0.05, 0) is 80.3 Å². The van der Waals surface area contributed by atoms with Gasteiger partial charge in [0.25, 0.3) is 10.0 Å². The van der Waals surface area contributed by atoms with E-state index in [4.69, 9.17) is 16.3 Å². The Morgan fingerprint density at radius 2 is 1.63 bits per heavy atom. The van der Waals surface area contributed by atoms with Crippen molar-refractivity contribution in [2.45, 2.75) is 64.1 Å². The van der Waals surface area contributed by atoms with Crippen molar-refractivity contribution in [2.24, 2.45) is 0 Å². The maximum absolute atomic E-state index is 14.2. The number of methoxy groups -OCH3 is 1. The van der Waals surface area contributed by atoms with Crippen LogP contribution in [0.4, 0.5) is 5.69 Å². The van der Waals surface area contributed by atoms with Crippen LogP contribution in [0.2, 0.25) is 5.02 Å². The molecule has 2 amide bonds. The maximum atomic E-state index is 14.2. The SMILES string of the molecule is CCC(C)NC(=O)C(CC)N(Cc1ccc(OC)cc1)C(=O)CN(c1ccc(Cl)cc1C)S(=O)(=O)c1ccccc1. The number of anilines is 1. The second-order valence-corrected chi connectivity index (χ2v) is 12.2. The molecule has 0 aromatic heterocycles. The summed E-state index contributed by atoms with van der Waals surface area (Å²) in [6.45, 7) is 7.03. The van der Waals surface area contributed by atoms with Gasteiger partial charge in [0, 0.05) is 17.6 Å². The van der Waals surface area contributed by atoms with Gasteiger partial charge < -0.3 is 15.0 Å². The van der Waals surface area contributed by atoms with Gasteiger partial charge in [0.1, 0.15) is 18.3 Å². The van der Waals surface area contributed by atoms with Crippen molar-refractivity contribution in [2.75, 3.05) is 18.0 Å². The number of hydrogen-bond acceptors (Lipinski definition) is 5. The maximum Gasteiger partial charge on any atom is 0.264 e. The molecule has 1 N–H and O–H groups in total. The molecule has 0 fully saturated rings. The van der Waals surface area contributed by atoms with E-state index in [0.29, 0.717) is 28.4 Å². The normalized spacial score (nSPS) is 12.7. The number of aryl methyl sites for hydroxylation is 1. The van der Waals surface area contributed by atoms with E-state index in [1.807, 2.05) is 32.9 Å². The van der Waals surface area contributed by atoms with Gasteiger partial charge in [0.05, 0.1) is 17.7 Å². The van der Waals surface area contributed by atoms with Gasteiger partial charge in [-0.25, -0.2) is 8.42 Å². The number of halogens is 1. The van der Waals surface area contributed by atoms with Gasteiger partial charge in [-0.15, -0.1) is 0 Å². The van der Waals surface area contributed by atoms with Crippen molar-refractivity contribution in [1.82, 2.24) is 10.2 Å². The molecule has 0 heterocycles. The van der Waals surface area contributed by atoms with E-state index < -0.39 is 28.5 Å². The Morgan fingerprint density at radius 3 is 2.20 bits per heavy atom. The van der Waals surface area contributed by atoms with Crippen LogP contribution in [0.3, 0.4) is 0 Å². The number of carbonyl (C=O) groups excluding carboxylic acids is 2. The fourth-order valence-corrected chi connectivity index (χ4v) is 6.15. The van der Waals surface area contributed by atoms with Crippen LogP contribution >= 0.6 is 11.6 Å². The van der Waals surface area contributed by atoms with Crippen molar-refractivity contribution >= 4 is 39.1 Å². The molecular formula is C31H38ClN3O5S. The standard InChI is InChI=1S/C31H38ClN3O5S/c1-6-23(4)33-31(37)28(7-2)34(20-24-13-16-26(40-5)17-14-24)30(36)21-35(29-18-15-25(32)19-22(29)3)41(38,39)27-11-9-8-10-12-27/h8-19,23,28H,6-7,20-21H2,1-5H3,(H,33,37). The zero-order chi connectivity index (χ0) is 30.2. The third-order valence-corrected chi connectivity index (χ3v) is 8.95. The average molecular weight is 600 g/mol. The minimum Gasteiger partial charge on any atom is -0.497 e. The summed E-state index contributed by atoms with van der Waals surface area (Å²) >= 11 is 6.17. The number of benzene rings is 3. The molecule has 220 valence electrons. The fraction of sp³-hybridized carbons (Fsp3) is 0.355. The van der Waals surface area contributed by atoms with Crippen LogP contribution in [0.15, 0.2) is 77.7 Å². The molecule has 0 radical (unpaired) electrons. The van der Waals surface area contributed by atoms with Crippen molar-refractivity contribution in [3.63, 3.8) is 0 Å². The summed E-state index contributed by atoms with van der Waals surface area (Å²) in [5, 5.41) is 3.42. The monoisotopic (exact) mass is 599 g/mol. The van der Waals surface area contributed by atoms with Crippen LogP contribution in [0.1, 0.15) is 44.7 Å². The molecule has 0 aliphatic rings. The Bertz CT molecular complexity index is 1430. The van der Waals surface area contributed by atoms with E-state index in [9.17, 15) is 18.0 Å². The Morgan fingerprint density at radius 1 is 0.976 bits per heavy atom. The number of sulfonamides is 1. The summed E-state index contributed by atoms with van der Waals surface area (Å²) in [7, 11) is -2.58. The molecule has 0 aliphatic heterocycles. The summed E-state index contributed by atoms with van der Waals surface area (Å²) in [6, 6.07) is 19.1. The zero-order valence-electron chi connectivity index (χ0n) is 24.1. The zero-order valence-corrected chi connectivity index (χ0v) is 25.7. The third kappa shape index (κ3) is 8.01. The number of rotatable bonds is 13. The Kier molecular flexibility index (Phi) is 11.2. The molecule has 8 nitrogen and oxygen atoms in total. The van der Waals surface area contributed by atoms with E-state index in [1.54, 1.807) is 62.6 Å². The summed E-state index contributed by atoms with van der Waals surface area (Å²) < 4.78 is 34.2. The molecule has 0 saturated heterocycles.